The van der Waals surface area contributed by atoms with Crippen molar-refractivity contribution in [2.45, 2.75) is 84.8 Å². The molecule has 1 aliphatic heterocycles. The summed E-state index contributed by atoms with van der Waals surface area (Å²) < 4.78 is 7.83. The maximum Gasteiger partial charge on any atom is 0.251 e. The van der Waals surface area contributed by atoms with Crippen molar-refractivity contribution in [2.24, 2.45) is 36.1 Å². The van der Waals surface area contributed by atoms with E-state index in [4.69, 9.17) is 9.57 Å². The lowest BCUT2D eigenvalue weighted by Crippen LogP contribution is -2.62. The molecule has 1 aromatic heterocycles. The van der Waals surface area contributed by atoms with Crippen LogP contribution in [0.3, 0.4) is 0 Å². The number of carbonyl (C=O) groups is 2. The quantitative estimate of drug-likeness (QED) is 0.219. The summed E-state index contributed by atoms with van der Waals surface area (Å²) in [6, 6.07) is 12.6. The molecule has 4 N–H and O–H groups in total. The minimum atomic E-state index is -0.901. The minimum absolute atomic E-state index is 0.0373. The Bertz CT molecular complexity index is 1770. The van der Waals surface area contributed by atoms with Gasteiger partial charge in [0, 0.05) is 61.2 Å². The fraction of sp³-hybridized carbons (Fsp3) is 0.575. The van der Waals surface area contributed by atoms with Gasteiger partial charge in [0.05, 0.1) is 38.6 Å². The fourth-order valence-corrected chi connectivity index (χ4v) is 8.98. The van der Waals surface area contributed by atoms with E-state index < -0.39 is 24.2 Å². The monoisotopic (exact) mass is 716 g/mol. The summed E-state index contributed by atoms with van der Waals surface area (Å²) in [4.78, 5) is 35.9. The molecule has 2 aromatic carbocycles. The number of aromatic nitrogens is 2. The zero-order chi connectivity index (χ0) is 37.6. The highest BCUT2D eigenvalue weighted by Crippen LogP contribution is 2.61. The van der Waals surface area contributed by atoms with E-state index in [0.717, 1.165) is 40.2 Å². The predicted molar refractivity (Wildman–Crippen MR) is 199 cm³/mol. The van der Waals surface area contributed by atoms with Gasteiger partial charge in [-0.25, -0.2) is 0 Å². The molecule has 52 heavy (non-hydrogen) atoms. The highest BCUT2D eigenvalue weighted by Gasteiger charge is 2.57. The number of rotatable bonds is 12. The molecule has 3 saturated carbocycles. The highest BCUT2D eigenvalue weighted by molar-refractivity contribution is 5.97. The molecule has 7 rings (SSSR count). The number of hydrogen-bond acceptors (Lipinski definition) is 9. The van der Waals surface area contributed by atoms with Crippen LogP contribution in [0, 0.1) is 36.0 Å². The number of benzene rings is 2. The van der Waals surface area contributed by atoms with Crippen LogP contribution < -0.4 is 20.3 Å². The number of anilines is 1. The number of fused-ring (bicyclic) bond motifs is 2. The number of ether oxygens (including phenoxy) is 1. The number of amides is 2. The van der Waals surface area contributed by atoms with E-state index in [1.165, 1.54) is 6.42 Å². The van der Waals surface area contributed by atoms with Gasteiger partial charge in [0.1, 0.15) is 17.9 Å². The number of para-hydroxylation sites is 1. The fourth-order valence-electron chi connectivity index (χ4n) is 8.98. The molecule has 3 aromatic rings. The van der Waals surface area contributed by atoms with E-state index >= 15 is 0 Å². The summed E-state index contributed by atoms with van der Waals surface area (Å²) in [6.07, 6.45) is 0.473. The van der Waals surface area contributed by atoms with E-state index in [2.05, 4.69) is 36.5 Å². The Hall–Kier alpha value is -3.97. The molecule has 0 unspecified atom stereocenters. The van der Waals surface area contributed by atoms with E-state index in [1.807, 2.05) is 75.4 Å². The Morgan fingerprint density at radius 1 is 1.17 bits per heavy atom. The van der Waals surface area contributed by atoms with Gasteiger partial charge < -0.3 is 30.5 Å². The van der Waals surface area contributed by atoms with Gasteiger partial charge in [0.2, 0.25) is 5.91 Å². The normalized spacial score (nSPS) is 27.1. The largest absolute Gasteiger partial charge is 0.496 e. The summed E-state index contributed by atoms with van der Waals surface area (Å²) in [6.45, 7) is 10.6. The predicted octanol–water partition coefficient (Wildman–Crippen LogP) is 4.06. The van der Waals surface area contributed by atoms with Crippen molar-refractivity contribution in [3.05, 3.63) is 65.0 Å². The number of aliphatic hydroxyl groups is 2. The summed E-state index contributed by atoms with van der Waals surface area (Å²) in [5.41, 5.74) is 5.69. The van der Waals surface area contributed by atoms with Crippen molar-refractivity contribution in [1.82, 2.24) is 25.5 Å². The molecule has 0 spiro atoms. The number of aliphatic hydroxyl groups excluding tert-OH is 2. The van der Waals surface area contributed by atoms with Gasteiger partial charge in [-0.3, -0.25) is 19.1 Å². The number of hydrogen-bond donors (Lipinski definition) is 4. The first-order valence-corrected chi connectivity index (χ1v) is 18.4. The van der Waals surface area contributed by atoms with Crippen molar-refractivity contribution in [3.63, 3.8) is 0 Å². The Morgan fingerprint density at radius 3 is 2.52 bits per heavy atom. The summed E-state index contributed by atoms with van der Waals surface area (Å²) >= 11 is 0. The number of aryl methyl sites for hydroxylation is 2. The number of nitrogens with one attached hydrogen (secondary N) is 2. The van der Waals surface area contributed by atoms with Gasteiger partial charge in [-0.05, 0) is 79.7 Å². The Morgan fingerprint density at radius 2 is 1.92 bits per heavy atom. The molecule has 2 bridgehead atoms. The van der Waals surface area contributed by atoms with Gasteiger partial charge in [-0.1, -0.05) is 39.0 Å². The van der Waals surface area contributed by atoms with E-state index in [0.29, 0.717) is 35.6 Å². The lowest BCUT2D eigenvalue weighted by atomic mass is 9.45. The van der Waals surface area contributed by atoms with Gasteiger partial charge in [-0.2, -0.15) is 10.2 Å². The number of carbonyl (C=O) groups excluding carboxylic acids is 2. The van der Waals surface area contributed by atoms with Gasteiger partial charge in [-0.15, -0.1) is 0 Å². The van der Waals surface area contributed by atoms with Crippen LogP contribution in [-0.2, 0) is 29.8 Å². The summed E-state index contributed by atoms with van der Waals surface area (Å²) in [7, 11) is 7.32. The first kappa shape index (κ1) is 37.8. The number of nitrogens with zero attached hydrogens (tertiary/aromatic N) is 4. The third-order valence-corrected chi connectivity index (χ3v) is 12.3. The lowest BCUT2D eigenvalue weighted by Gasteiger charge is -2.62. The molecular weight excluding hydrogens is 660 g/mol. The molecule has 3 aliphatic carbocycles. The molecule has 12 nitrogen and oxygen atoms in total. The Kier molecular flexibility index (Phi) is 10.8. The van der Waals surface area contributed by atoms with Gasteiger partial charge in [0.25, 0.3) is 5.91 Å². The van der Waals surface area contributed by atoms with E-state index in [-0.39, 0.29) is 36.4 Å². The average molecular weight is 717 g/mol. The van der Waals surface area contributed by atoms with Crippen molar-refractivity contribution < 1.29 is 29.4 Å². The maximum absolute atomic E-state index is 14.2. The third-order valence-electron chi connectivity index (χ3n) is 12.3. The molecule has 4 aliphatic rings. The third kappa shape index (κ3) is 7.05. The topological polar surface area (TPSA) is 141 Å². The average Bonchev–Trinajstić information content (AvgIpc) is 3.65. The molecule has 2 heterocycles. The second-order valence-corrected chi connectivity index (χ2v) is 16.0. The molecule has 8 atom stereocenters. The van der Waals surface area contributed by atoms with Crippen molar-refractivity contribution in [3.8, 4) is 16.9 Å². The highest BCUT2D eigenvalue weighted by atomic mass is 16.7. The number of methoxy groups -OCH3 is 1. The molecule has 2 amide bonds. The lowest BCUT2D eigenvalue weighted by molar-refractivity contribution is -0.183. The van der Waals surface area contributed by atoms with Crippen molar-refractivity contribution in [2.75, 3.05) is 32.7 Å². The second-order valence-electron chi connectivity index (χ2n) is 16.0. The van der Waals surface area contributed by atoms with Crippen molar-refractivity contribution in [1.29, 1.82) is 0 Å². The van der Waals surface area contributed by atoms with Crippen LogP contribution >= 0.6 is 0 Å². The van der Waals surface area contributed by atoms with Gasteiger partial charge in [0.15, 0.2) is 0 Å². The van der Waals surface area contributed by atoms with Crippen LogP contribution in [0.5, 0.6) is 5.75 Å². The molecule has 4 fully saturated rings. The Balaban J connectivity index is 1.28. The minimum Gasteiger partial charge on any atom is -0.496 e. The van der Waals surface area contributed by atoms with Crippen molar-refractivity contribution >= 4 is 17.5 Å². The molecule has 1 saturated heterocycles. The first-order chi connectivity index (χ1) is 24.6. The number of hydroxylamine groups is 2. The molecule has 0 radical (unpaired) electrons. The SMILES string of the molecule is COc1c(CN2O[C@@H](CO)[C@H]([C@H](C)O)[C@H]2C(=O)N[C@H]2C[C@H]3C[C@@H]([C@@H]2C)C3(C)C)cccc1-c1cc(C(=O)NCc2cc(C)n(C)n2)cc(N(C)C)c1. The van der Waals surface area contributed by atoms with Crippen LogP contribution in [0.15, 0.2) is 42.5 Å². The van der Waals surface area contributed by atoms with Crippen LogP contribution in [0.1, 0.15) is 67.8 Å². The second kappa shape index (κ2) is 14.8. The summed E-state index contributed by atoms with van der Waals surface area (Å²) in [5.74, 6) is 0.956. The maximum atomic E-state index is 14.2. The van der Waals surface area contributed by atoms with Crippen LogP contribution in [-0.4, -0.2) is 89.0 Å². The first-order valence-electron chi connectivity index (χ1n) is 18.4. The van der Waals surface area contributed by atoms with Crippen LogP contribution in [0.4, 0.5) is 5.69 Å². The standard InChI is InChI=1S/C40H56N6O6/c1-22-13-29(43-45(22)8)19-41-38(49)27-14-26(15-30(16-27)44(6)7)31-12-10-11-25(37(31)51-9)20-46-36(35(24(3)48)34(21-47)52-46)39(50)42-33-18-28-17-32(23(33)2)40(28,4)5/h10-16,23-24,28,32-36,47-48H,17-21H2,1-9H3,(H,41,49)(H,42,50)/t23-,24-,28+,32-,33-,34-,35-,36-/m0/s1. The molecular formula is C40H56N6O6. The smallest absolute Gasteiger partial charge is 0.251 e. The van der Waals surface area contributed by atoms with E-state index in [9.17, 15) is 19.8 Å². The Labute approximate surface area is 307 Å². The van der Waals surface area contributed by atoms with Crippen LogP contribution in [0.25, 0.3) is 11.1 Å². The molecule has 282 valence electrons. The molecule has 12 heteroatoms. The zero-order valence-electron chi connectivity index (χ0n) is 32.0. The summed E-state index contributed by atoms with van der Waals surface area (Å²) in [5, 5.41) is 33.6. The van der Waals surface area contributed by atoms with Crippen LogP contribution in [0.2, 0.25) is 0 Å². The zero-order valence-corrected chi connectivity index (χ0v) is 32.0. The van der Waals surface area contributed by atoms with E-state index in [1.54, 1.807) is 23.8 Å². The van der Waals surface area contributed by atoms with Gasteiger partial charge >= 0.3 is 0 Å².